The van der Waals surface area contributed by atoms with Gasteiger partial charge < -0.3 is 25.1 Å². The number of hydrogen-bond donors (Lipinski definition) is 3. The summed E-state index contributed by atoms with van der Waals surface area (Å²) in [4.78, 5) is 24.8. The molecule has 0 aliphatic carbocycles. The van der Waals surface area contributed by atoms with Crippen LogP contribution in [0.25, 0.3) is 5.70 Å². The number of benzene rings is 1. The molecule has 3 aromatic rings. The van der Waals surface area contributed by atoms with Crippen LogP contribution in [0.1, 0.15) is 23.7 Å². The van der Waals surface area contributed by atoms with Gasteiger partial charge in [0.1, 0.15) is 0 Å². The number of aromatic amines is 2. The second kappa shape index (κ2) is 9.06. The van der Waals surface area contributed by atoms with Gasteiger partial charge in [0.05, 0.1) is 17.9 Å². The average molecular weight is 431 g/mol. The Morgan fingerprint density at radius 1 is 0.938 bits per heavy atom. The minimum absolute atomic E-state index is 0.107. The van der Waals surface area contributed by atoms with E-state index < -0.39 is 0 Å². The van der Waals surface area contributed by atoms with Gasteiger partial charge in [-0.25, -0.2) is 0 Å². The maximum atomic E-state index is 11.4. The first-order valence-corrected chi connectivity index (χ1v) is 11.3. The van der Waals surface area contributed by atoms with Crippen LogP contribution < -0.4 is 15.8 Å². The lowest BCUT2D eigenvalue weighted by Crippen LogP contribution is -2.45. The van der Waals surface area contributed by atoms with E-state index in [0.717, 1.165) is 74.1 Å². The van der Waals surface area contributed by atoms with Gasteiger partial charge in [-0.3, -0.25) is 9.69 Å². The molecule has 5 rings (SSSR count). The third-order valence-electron chi connectivity index (χ3n) is 6.39. The molecule has 0 radical (unpaired) electrons. The molecule has 166 valence electrons. The fraction of sp³-hybridized carbons (Fsp3) is 0.320. The van der Waals surface area contributed by atoms with Gasteiger partial charge in [-0.05, 0) is 36.4 Å². The molecule has 1 saturated heterocycles. The summed E-state index contributed by atoms with van der Waals surface area (Å²) < 4.78 is 0. The molecule has 1 fully saturated rings. The first-order chi connectivity index (χ1) is 15.7. The molecule has 4 heterocycles. The fourth-order valence-corrected chi connectivity index (χ4v) is 4.45. The summed E-state index contributed by atoms with van der Waals surface area (Å²) in [6, 6.07) is 14.3. The van der Waals surface area contributed by atoms with Crippen molar-refractivity contribution in [2.45, 2.75) is 20.0 Å². The molecule has 0 bridgehead atoms. The highest BCUT2D eigenvalue weighted by molar-refractivity contribution is 5.81. The van der Waals surface area contributed by atoms with Crippen molar-refractivity contribution in [1.82, 2.24) is 19.8 Å². The largest absolute Gasteiger partial charge is 0.363 e. The van der Waals surface area contributed by atoms with Crippen LogP contribution in [-0.4, -0.2) is 52.5 Å². The van der Waals surface area contributed by atoms with Crippen LogP contribution in [0.3, 0.4) is 0 Å². The Labute approximate surface area is 188 Å². The molecule has 2 aromatic heterocycles. The molecule has 0 amide bonds. The van der Waals surface area contributed by atoms with E-state index in [2.05, 4.69) is 73.4 Å². The molecule has 7 nitrogen and oxygen atoms in total. The van der Waals surface area contributed by atoms with Gasteiger partial charge in [0.25, 0.3) is 0 Å². The molecule has 7 heteroatoms. The number of nitrogens with one attached hydrogen (secondary N) is 3. The lowest BCUT2D eigenvalue weighted by atomic mass is 10.1. The van der Waals surface area contributed by atoms with Crippen LogP contribution in [0.2, 0.25) is 0 Å². The molecule has 0 atom stereocenters. The summed E-state index contributed by atoms with van der Waals surface area (Å²) in [5.41, 5.74) is 6.57. The topological polar surface area (TPSA) is 70.4 Å². The number of hydrogen-bond acceptors (Lipinski definition) is 5. The number of anilines is 2. The summed E-state index contributed by atoms with van der Waals surface area (Å²) in [7, 11) is 0. The zero-order valence-electron chi connectivity index (χ0n) is 18.5. The summed E-state index contributed by atoms with van der Waals surface area (Å²) in [6.07, 6.45) is 5.81. The van der Waals surface area contributed by atoms with Gasteiger partial charge in [0, 0.05) is 74.3 Å². The zero-order chi connectivity index (χ0) is 21.9. The number of likely N-dealkylation sites (N-methyl/N-ethyl adjacent to an activating group) is 1. The summed E-state index contributed by atoms with van der Waals surface area (Å²) in [6.45, 7) is 9.78. The molecule has 1 aromatic carbocycles. The monoisotopic (exact) mass is 430 g/mol. The minimum atomic E-state index is -0.107. The second-order valence-electron chi connectivity index (χ2n) is 8.48. The van der Waals surface area contributed by atoms with E-state index in [1.165, 1.54) is 11.6 Å². The van der Waals surface area contributed by atoms with Crippen LogP contribution in [0.5, 0.6) is 0 Å². The van der Waals surface area contributed by atoms with E-state index in [0.29, 0.717) is 0 Å². The van der Waals surface area contributed by atoms with Crippen LogP contribution in [0.15, 0.2) is 65.9 Å². The smallest absolute Gasteiger partial charge is 0.248 e. The van der Waals surface area contributed by atoms with E-state index in [1.807, 2.05) is 6.20 Å². The number of H-pyrrole nitrogens is 2. The molecule has 32 heavy (non-hydrogen) atoms. The van der Waals surface area contributed by atoms with Crippen LogP contribution >= 0.6 is 0 Å². The third kappa shape index (κ3) is 4.49. The number of nitrogens with zero attached hydrogens (tertiary/aromatic N) is 3. The van der Waals surface area contributed by atoms with Crippen molar-refractivity contribution in [1.29, 1.82) is 0 Å². The van der Waals surface area contributed by atoms with Gasteiger partial charge in [-0.2, -0.15) is 0 Å². The summed E-state index contributed by atoms with van der Waals surface area (Å²) >= 11 is 0. The van der Waals surface area contributed by atoms with Crippen LogP contribution in [0, 0.1) is 0 Å². The van der Waals surface area contributed by atoms with Gasteiger partial charge in [-0.1, -0.05) is 19.1 Å². The number of aromatic nitrogens is 2. The molecule has 0 spiro atoms. The Bertz CT molecular complexity index is 1120. The average Bonchev–Trinajstić information content (AvgIpc) is 3.31. The van der Waals surface area contributed by atoms with E-state index >= 15 is 0 Å². The van der Waals surface area contributed by atoms with E-state index in [9.17, 15) is 4.79 Å². The van der Waals surface area contributed by atoms with E-state index in [1.54, 1.807) is 12.3 Å². The van der Waals surface area contributed by atoms with Crippen molar-refractivity contribution in [2.24, 2.45) is 0 Å². The van der Waals surface area contributed by atoms with E-state index in [4.69, 9.17) is 0 Å². The quantitative estimate of drug-likeness (QED) is 0.560. The molecule has 0 unspecified atom stereocenters. The Balaban J connectivity index is 1.30. The number of piperazine rings is 1. The van der Waals surface area contributed by atoms with Crippen molar-refractivity contribution in [2.75, 3.05) is 42.9 Å². The molecule has 3 N–H and O–H groups in total. The normalized spacial score (nSPS) is 17.2. The molecule has 2 aliphatic rings. The Kier molecular flexibility index (Phi) is 5.83. The van der Waals surface area contributed by atoms with Crippen LogP contribution in [-0.2, 0) is 13.1 Å². The third-order valence-corrected chi connectivity index (χ3v) is 6.39. The number of rotatable bonds is 6. The van der Waals surface area contributed by atoms with Gasteiger partial charge in [-0.15, -0.1) is 0 Å². The molecular weight excluding hydrogens is 400 g/mol. The lowest BCUT2D eigenvalue weighted by Gasteiger charge is -2.34. The van der Waals surface area contributed by atoms with Gasteiger partial charge in [0.2, 0.25) is 5.56 Å². The standard InChI is InChI=1S/C25H30N6O/c1-2-29-11-13-30(14-12-29)16-19-3-6-21(7-4-19)31-17-23-22(9-10-26-23)24(18-31)28-20-5-8-25(32)27-15-20/h3-10,15,18,26,28H,2,11-14,16-17H2,1H3,(H,27,32). The van der Waals surface area contributed by atoms with Crippen LogP contribution in [0.4, 0.5) is 11.4 Å². The van der Waals surface area contributed by atoms with Crippen molar-refractivity contribution >= 4 is 17.1 Å². The van der Waals surface area contributed by atoms with E-state index in [-0.39, 0.29) is 5.56 Å². The lowest BCUT2D eigenvalue weighted by molar-refractivity contribution is 0.132. The SMILES string of the molecule is CCN1CCN(Cc2ccc(N3C=C(Nc4ccc(=O)[nH]c4)c4cc[nH]c4C3)cc2)CC1. The van der Waals surface area contributed by atoms with Gasteiger partial charge >= 0.3 is 0 Å². The predicted molar refractivity (Wildman–Crippen MR) is 129 cm³/mol. The number of pyridine rings is 1. The highest BCUT2D eigenvalue weighted by Crippen LogP contribution is 2.30. The Hall–Kier alpha value is -3.29. The number of fused-ring (bicyclic) bond motifs is 1. The van der Waals surface area contributed by atoms with Crippen molar-refractivity contribution in [3.05, 3.63) is 88.2 Å². The Morgan fingerprint density at radius 2 is 1.72 bits per heavy atom. The zero-order valence-corrected chi connectivity index (χ0v) is 18.5. The van der Waals surface area contributed by atoms with Crippen molar-refractivity contribution in [3.8, 4) is 0 Å². The molecular formula is C25H30N6O. The molecule has 2 aliphatic heterocycles. The first-order valence-electron chi connectivity index (χ1n) is 11.3. The first kappa shape index (κ1) is 20.6. The highest BCUT2D eigenvalue weighted by atomic mass is 16.1. The summed E-state index contributed by atoms with van der Waals surface area (Å²) in [5, 5.41) is 3.44. The van der Waals surface area contributed by atoms with Gasteiger partial charge in [0.15, 0.2) is 0 Å². The molecule has 0 saturated carbocycles. The summed E-state index contributed by atoms with van der Waals surface area (Å²) in [5.74, 6) is 0. The predicted octanol–water partition coefficient (Wildman–Crippen LogP) is 3.27. The van der Waals surface area contributed by atoms with Crippen molar-refractivity contribution < 1.29 is 0 Å². The van der Waals surface area contributed by atoms with Crippen molar-refractivity contribution in [3.63, 3.8) is 0 Å². The minimum Gasteiger partial charge on any atom is -0.363 e. The Morgan fingerprint density at radius 3 is 2.44 bits per heavy atom. The second-order valence-corrected chi connectivity index (χ2v) is 8.48. The maximum Gasteiger partial charge on any atom is 0.248 e. The fourth-order valence-electron chi connectivity index (χ4n) is 4.45. The highest BCUT2D eigenvalue weighted by Gasteiger charge is 2.20. The maximum absolute atomic E-state index is 11.4.